The Morgan fingerprint density at radius 3 is 2.28 bits per heavy atom. The lowest BCUT2D eigenvalue weighted by Crippen LogP contribution is -2.53. The zero-order valence-electron chi connectivity index (χ0n) is 15.6. The summed E-state index contributed by atoms with van der Waals surface area (Å²) >= 11 is 0. The Labute approximate surface area is 165 Å². The van der Waals surface area contributed by atoms with Gasteiger partial charge in [0.2, 0.25) is 11.8 Å². The van der Waals surface area contributed by atoms with Crippen molar-refractivity contribution in [2.24, 2.45) is 5.92 Å². The number of carbonyl (C=O) groups excluding carboxylic acids is 1. The van der Waals surface area contributed by atoms with Crippen LogP contribution in [0.3, 0.4) is 0 Å². The molecule has 0 saturated heterocycles. The van der Waals surface area contributed by atoms with Crippen molar-refractivity contribution in [2.75, 3.05) is 0 Å². The molecule has 1 aromatic carbocycles. The normalized spacial score (nSPS) is 20.4. The maximum atomic E-state index is 14.4. The van der Waals surface area contributed by atoms with Crippen LogP contribution in [0.25, 0.3) is 0 Å². The van der Waals surface area contributed by atoms with Crippen LogP contribution in [0.4, 0.5) is 22.0 Å². The summed E-state index contributed by atoms with van der Waals surface area (Å²) in [6, 6.07) is 4.60. The molecule has 29 heavy (non-hydrogen) atoms. The van der Waals surface area contributed by atoms with Gasteiger partial charge in [-0.15, -0.1) is 0 Å². The van der Waals surface area contributed by atoms with Gasteiger partial charge in [0.25, 0.3) is 0 Å². The van der Waals surface area contributed by atoms with Gasteiger partial charge in [0, 0.05) is 12.8 Å². The molecular weight excluding hydrogens is 393 g/mol. The van der Waals surface area contributed by atoms with Crippen LogP contribution in [0.1, 0.15) is 50.1 Å². The second-order valence-corrected chi connectivity index (χ2v) is 8.00. The van der Waals surface area contributed by atoms with Crippen molar-refractivity contribution in [2.45, 2.75) is 68.2 Å². The van der Waals surface area contributed by atoms with Crippen molar-refractivity contribution < 1.29 is 26.7 Å². The summed E-state index contributed by atoms with van der Waals surface area (Å²) in [5.41, 5.74) is -1.34. The second-order valence-electron chi connectivity index (χ2n) is 8.00. The average Bonchev–Trinajstić information content (AvgIpc) is 3.56. The third kappa shape index (κ3) is 5.89. The Kier molecular flexibility index (Phi) is 5.86. The van der Waals surface area contributed by atoms with Gasteiger partial charge in [-0.3, -0.25) is 10.1 Å². The Hall–Kier alpha value is -2.21. The van der Waals surface area contributed by atoms with E-state index in [2.05, 4.69) is 10.6 Å². The summed E-state index contributed by atoms with van der Waals surface area (Å²) in [4.78, 5) is 12.6. The average molecular weight is 415 g/mol. The third-order valence-electron chi connectivity index (χ3n) is 5.26. The molecule has 0 aliphatic heterocycles. The molecule has 1 unspecified atom stereocenters. The lowest BCUT2D eigenvalue weighted by molar-refractivity contribution is -0.163. The smallest absolute Gasteiger partial charge is 0.336 e. The summed E-state index contributed by atoms with van der Waals surface area (Å²) < 4.78 is 69.9. The highest BCUT2D eigenvalue weighted by molar-refractivity contribution is 5.83. The minimum atomic E-state index is -4.79. The molecule has 0 aromatic heterocycles. The molecule has 2 aliphatic rings. The predicted octanol–water partition coefficient (Wildman–Crippen LogP) is 4.25. The predicted molar refractivity (Wildman–Crippen MR) is 94.8 cm³/mol. The minimum Gasteiger partial charge on any atom is -0.336 e. The maximum absolute atomic E-state index is 14.4. The minimum absolute atomic E-state index is 0.157. The number of benzene rings is 1. The molecule has 1 aromatic rings. The molecule has 0 bridgehead atoms. The molecular formula is C20H22F5N3O. The van der Waals surface area contributed by atoms with E-state index in [0.717, 1.165) is 0 Å². The van der Waals surface area contributed by atoms with Crippen LogP contribution in [0, 0.1) is 17.2 Å². The highest BCUT2D eigenvalue weighted by atomic mass is 19.4. The first-order chi connectivity index (χ1) is 13.5. The monoisotopic (exact) mass is 415 g/mol. The van der Waals surface area contributed by atoms with Gasteiger partial charge in [0.05, 0.1) is 12.1 Å². The fraction of sp³-hybridized carbons (Fsp3) is 0.600. The highest BCUT2D eigenvalue weighted by Gasteiger charge is 2.49. The van der Waals surface area contributed by atoms with E-state index in [4.69, 9.17) is 5.26 Å². The van der Waals surface area contributed by atoms with Crippen LogP contribution in [-0.4, -0.2) is 29.6 Å². The second kappa shape index (κ2) is 7.90. The van der Waals surface area contributed by atoms with Gasteiger partial charge in [-0.2, -0.15) is 18.4 Å². The topological polar surface area (TPSA) is 64.9 Å². The van der Waals surface area contributed by atoms with Crippen LogP contribution >= 0.6 is 0 Å². The van der Waals surface area contributed by atoms with Gasteiger partial charge in [0.1, 0.15) is 11.6 Å². The van der Waals surface area contributed by atoms with Crippen molar-refractivity contribution in [1.29, 1.82) is 5.26 Å². The number of alkyl halides is 5. The van der Waals surface area contributed by atoms with E-state index in [9.17, 15) is 26.7 Å². The van der Waals surface area contributed by atoms with Gasteiger partial charge in [0.15, 0.2) is 0 Å². The molecule has 3 rings (SSSR count). The highest BCUT2D eigenvalue weighted by Crippen LogP contribution is 2.42. The van der Waals surface area contributed by atoms with Crippen LogP contribution in [0.2, 0.25) is 0 Å². The lowest BCUT2D eigenvalue weighted by Gasteiger charge is -2.30. The zero-order chi connectivity index (χ0) is 21.3. The van der Waals surface area contributed by atoms with Gasteiger partial charge in [-0.25, -0.2) is 8.78 Å². The number of nitrogens with zero attached hydrogens (tertiary/aromatic N) is 1. The fourth-order valence-corrected chi connectivity index (χ4v) is 3.29. The molecule has 2 aliphatic carbocycles. The van der Waals surface area contributed by atoms with Crippen LogP contribution < -0.4 is 10.6 Å². The van der Waals surface area contributed by atoms with E-state index < -0.39 is 48.5 Å². The first-order valence-corrected chi connectivity index (χ1v) is 9.52. The molecule has 2 saturated carbocycles. The zero-order valence-corrected chi connectivity index (χ0v) is 15.6. The van der Waals surface area contributed by atoms with Gasteiger partial charge < -0.3 is 5.32 Å². The van der Waals surface area contributed by atoms with Crippen LogP contribution in [0.5, 0.6) is 0 Å². The van der Waals surface area contributed by atoms with E-state index in [0.29, 0.717) is 25.7 Å². The fourth-order valence-electron chi connectivity index (χ4n) is 3.29. The van der Waals surface area contributed by atoms with Crippen molar-refractivity contribution >= 4 is 5.91 Å². The molecule has 1 amide bonds. The standard InChI is InChI=1S/C20H22F5N3O/c21-19(22,10-13-6-7-13)11-15(17(29)28-18(12-26)8-9-18)27-16(20(23,24)25)14-4-2-1-3-5-14/h1-5,13,15-16,27H,6-11H2,(H,28,29)/t15?,16-/m0/s1. The number of halogens is 5. The summed E-state index contributed by atoms with van der Waals surface area (Å²) in [5, 5.41) is 13.6. The first kappa shape index (κ1) is 21.5. The Balaban J connectivity index is 1.82. The molecule has 158 valence electrons. The number of rotatable bonds is 9. The van der Waals surface area contributed by atoms with E-state index in [-0.39, 0.29) is 11.5 Å². The quantitative estimate of drug-likeness (QED) is 0.593. The number of carbonyl (C=O) groups is 1. The van der Waals surface area contributed by atoms with E-state index >= 15 is 0 Å². The molecule has 2 N–H and O–H groups in total. The molecule has 2 atom stereocenters. The summed E-state index contributed by atoms with van der Waals surface area (Å²) in [7, 11) is 0. The number of hydrogen-bond acceptors (Lipinski definition) is 3. The van der Waals surface area contributed by atoms with Crippen LogP contribution in [0.15, 0.2) is 30.3 Å². The third-order valence-corrected chi connectivity index (χ3v) is 5.26. The number of hydrogen-bond donors (Lipinski definition) is 2. The Bertz CT molecular complexity index is 767. The van der Waals surface area contributed by atoms with Gasteiger partial charge in [-0.1, -0.05) is 30.3 Å². The Morgan fingerprint density at radius 2 is 1.79 bits per heavy atom. The lowest BCUT2D eigenvalue weighted by atomic mass is 9.99. The molecule has 9 heteroatoms. The van der Waals surface area contributed by atoms with Crippen molar-refractivity contribution in [1.82, 2.24) is 10.6 Å². The number of nitrogens with one attached hydrogen (secondary N) is 2. The van der Waals surface area contributed by atoms with Crippen molar-refractivity contribution in [3.8, 4) is 6.07 Å². The SMILES string of the molecule is N#CC1(NC(=O)C(CC(F)(F)CC2CC2)N[C@@H](c2ccccc2)C(F)(F)F)CC1. The number of amides is 1. The molecule has 0 radical (unpaired) electrons. The maximum Gasteiger partial charge on any atom is 0.407 e. The summed E-state index contributed by atoms with van der Waals surface area (Å²) in [6.07, 6.45) is -4.29. The van der Waals surface area contributed by atoms with Crippen LogP contribution in [-0.2, 0) is 4.79 Å². The Morgan fingerprint density at radius 1 is 1.17 bits per heavy atom. The largest absolute Gasteiger partial charge is 0.407 e. The van der Waals surface area contributed by atoms with E-state index in [1.807, 2.05) is 6.07 Å². The van der Waals surface area contributed by atoms with E-state index in [1.165, 1.54) is 30.3 Å². The molecule has 4 nitrogen and oxygen atoms in total. The summed E-state index contributed by atoms with van der Waals surface area (Å²) in [5.74, 6) is -4.45. The first-order valence-electron chi connectivity index (χ1n) is 9.52. The number of nitriles is 1. The molecule has 2 fully saturated rings. The van der Waals surface area contributed by atoms with Crippen molar-refractivity contribution in [3.63, 3.8) is 0 Å². The van der Waals surface area contributed by atoms with E-state index in [1.54, 1.807) is 0 Å². The summed E-state index contributed by atoms with van der Waals surface area (Å²) in [6.45, 7) is 0. The van der Waals surface area contributed by atoms with Gasteiger partial charge >= 0.3 is 6.18 Å². The molecule has 0 spiro atoms. The van der Waals surface area contributed by atoms with Gasteiger partial charge in [-0.05, 0) is 37.2 Å². The molecule has 0 heterocycles. The van der Waals surface area contributed by atoms with Crippen molar-refractivity contribution in [3.05, 3.63) is 35.9 Å².